The van der Waals surface area contributed by atoms with Crippen molar-refractivity contribution in [2.75, 3.05) is 0 Å². The van der Waals surface area contributed by atoms with Gasteiger partial charge < -0.3 is 9.13 Å². The highest BCUT2D eigenvalue weighted by atomic mass is 15.0. The molecule has 0 unspecified atom stereocenters. The summed E-state index contributed by atoms with van der Waals surface area (Å²) in [5.41, 5.74) is 16.1. The fourth-order valence-corrected chi connectivity index (χ4v) is 10.5. The zero-order chi connectivity index (χ0) is 52.1. The highest BCUT2D eigenvalue weighted by molar-refractivity contribution is 6.11. The summed E-state index contributed by atoms with van der Waals surface area (Å²) in [5, 5.41) is 16.0. The van der Waals surface area contributed by atoms with E-state index in [9.17, 15) is 5.26 Å². The van der Waals surface area contributed by atoms with Crippen LogP contribution in [-0.2, 0) is 21.7 Å². The van der Waals surface area contributed by atoms with Gasteiger partial charge in [-0.3, -0.25) is 0 Å². The molecule has 3 heterocycles. The molecule has 0 spiro atoms. The summed E-state index contributed by atoms with van der Waals surface area (Å²) >= 11 is 0. The highest BCUT2D eigenvalue weighted by Crippen LogP contribution is 2.44. The smallest absolute Gasteiger partial charge is 0.164 e. The van der Waals surface area contributed by atoms with E-state index in [2.05, 4.69) is 201 Å². The fraction of sp³-hybridized carbons (Fsp3) is 0.235. The monoisotopic (exact) mass is 965 g/mol. The van der Waals surface area contributed by atoms with Crippen LogP contribution in [0, 0.1) is 11.3 Å². The van der Waals surface area contributed by atoms with Crippen molar-refractivity contribution >= 4 is 43.6 Å². The molecule has 0 aliphatic rings. The van der Waals surface area contributed by atoms with Gasteiger partial charge in [-0.15, -0.1) is 0 Å². The summed E-state index contributed by atoms with van der Waals surface area (Å²) in [6.07, 6.45) is 0. The van der Waals surface area contributed by atoms with Gasteiger partial charge in [0.25, 0.3) is 0 Å². The second kappa shape index (κ2) is 17.5. The number of benzene rings is 8. The van der Waals surface area contributed by atoms with Crippen molar-refractivity contribution in [3.05, 3.63) is 198 Å². The Labute approximate surface area is 436 Å². The Morgan fingerprint density at radius 2 is 0.730 bits per heavy atom. The number of hydrogen-bond acceptors (Lipinski definition) is 4. The molecule has 6 heteroatoms. The molecule has 74 heavy (non-hydrogen) atoms. The normalized spacial score (nSPS) is 12.6. The molecule has 0 fully saturated rings. The molecule has 0 N–H and O–H groups in total. The van der Waals surface area contributed by atoms with E-state index in [-0.39, 0.29) is 21.7 Å². The molecular weight excluding hydrogens is 901 g/mol. The lowest BCUT2D eigenvalue weighted by Gasteiger charge is -2.20. The van der Waals surface area contributed by atoms with Crippen LogP contribution in [-0.4, -0.2) is 24.1 Å². The Bertz CT molecular complexity index is 3840. The summed E-state index contributed by atoms with van der Waals surface area (Å²) in [5.74, 6) is 1.71. The van der Waals surface area contributed by atoms with E-state index < -0.39 is 0 Å². The number of nitrogens with zero attached hydrogens (tertiary/aromatic N) is 6. The van der Waals surface area contributed by atoms with Crippen LogP contribution >= 0.6 is 0 Å². The predicted octanol–water partition coefficient (Wildman–Crippen LogP) is 17.8. The molecule has 0 saturated heterocycles. The van der Waals surface area contributed by atoms with Crippen molar-refractivity contribution in [3.8, 4) is 62.7 Å². The number of fused-ring (bicyclic) bond motifs is 6. The Hall–Kier alpha value is -8.14. The van der Waals surface area contributed by atoms with Crippen molar-refractivity contribution in [2.24, 2.45) is 0 Å². The first-order chi connectivity index (χ1) is 35.2. The van der Waals surface area contributed by atoms with Crippen molar-refractivity contribution in [1.29, 1.82) is 5.26 Å². The van der Waals surface area contributed by atoms with E-state index in [1.54, 1.807) is 0 Å². The maximum absolute atomic E-state index is 11.3. The standard InChI is InChI=1S/C68H64N6/c1-65(2,3)46-25-31-57-53(36-46)54-37-47(66(4,5)6)26-32-58(54)73(57)50-29-23-45(41-69)51(40-50)52-35-44(64-71-62(42-19-15-13-16-20-42)70-63(72-64)43-21-17-14-18-22-43)24-30-59(52)74-60-33-27-48(67(7,8)9)38-55(60)56-39-49(68(10,11)12)28-34-61(56)74/h13-40H,1-12H3. The number of aromatic nitrogens is 5. The van der Waals surface area contributed by atoms with Crippen LogP contribution in [0.15, 0.2) is 170 Å². The molecule has 0 amide bonds. The first-order valence-electron chi connectivity index (χ1n) is 25.9. The molecule has 0 radical (unpaired) electrons. The maximum Gasteiger partial charge on any atom is 0.164 e. The summed E-state index contributed by atoms with van der Waals surface area (Å²) in [6.45, 7) is 27.3. The lowest BCUT2D eigenvalue weighted by atomic mass is 9.85. The average Bonchev–Trinajstić information content (AvgIpc) is 3.89. The summed E-state index contributed by atoms with van der Waals surface area (Å²) < 4.78 is 4.78. The van der Waals surface area contributed by atoms with Crippen molar-refractivity contribution in [1.82, 2.24) is 24.1 Å². The van der Waals surface area contributed by atoms with Crippen LogP contribution in [0.1, 0.15) is 111 Å². The van der Waals surface area contributed by atoms with Crippen LogP contribution in [0.2, 0.25) is 0 Å². The molecule has 0 aliphatic carbocycles. The van der Waals surface area contributed by atoms with Gasteiger partial charge in [-0.25, -0.2) is 15.0 Å². The topological polar surface area (TPSA) is 72.3 Å². The zero-order valence-corrected chi connectivity index (χ0v) is 44.8. The molecule has 0 saturated carbocycles. The SMILES string of the molecule is CC(C)(C)c1ccc2c(c1)c1cc(C(C)(C)C)ccc1n2-c1ccc(C#N)c(-c2cc(-c3nc(-c4ccccc4)nc(-c4ccccc4)n3)ccc2-n2c3ccc(C(C)(C)C)cc3c3cc(C(C)(C)C)ccc32)c1. The number of rotatable bonds is 6. The lowest BCUT2D eigenvalue weighted by Crippen LogP contribution is -2.10. The third kappa shape index (κ3) is 8.54. The van der Waals surface area contributed by atoms with Gasteiger partial charge in [0, 0.05) is 55.0 Å². The molecule has 0 atom stereocenters. The summed E-state index contributed by atoms with van der Waals surface area (Å²) in [7, 11) is 0. The lowest BCUT2D eigenvalue weighted by molar-refractivity contribution is 0.590. The van der Waals surface area contributed by atoms with Gasteiger partial charge in [0.15, 0.2) is 17.5 Å². The third-order valence-corrected chi connectivity index (χ3v) is 14.9. The zero-order valence-electron chi connectivity index (χ0n) is 44.8. The Kier molecular flexibility index (Phi) is 11.4. The van der Waals surface area contributed by atoms with Gasteiger partial charge in [0.2, 0.25) is 0 Å². The third-order valence-electron chi connectivity index (χ3n) is 14.9. The summed E-state index contributed by atoms with van der Waals surface area (Å²) in [6, 6.07) is 63.4. The molecule has 0 bridgehead atoms. The van der Waals surface area contributed by atoms with Gasteiger partial charge in [-0.1, -0.05) is 168 Å². The van der Waals surface area contributed by atoms with Gasteiger partial charge in [0.05, 0.1) is 39.4 Å². The van der Waals surface area contributed by atoms with Gasteiger partial charge in [-0.2, -0.15) is 5.26 Å². The largest absolute Gasteiger partial charge is 0.309 e. The van der Waals surface area contributed by atoms with Gasteiger partial charge >= 0.3 is 0 Å². The maximum atomic E-state index is 11.3. The minimum atomic E-state index is -0.0591. The van der Waals surface area contributed by atoms with Gasteiger partial charge in [0.1, 0.15) is 0 Å². The minimum Gasteiger partial charge on any atom is -0.309 e. The van der Waals surface area contributed by atoms with Crippen LogP contribution < -0.4 is 0 Å². The molecule has 8 aromatic carbocycles. The van der Waals surface area contributed by atoms with Crippen molar-refractivity contribution in [3.63, 3.8) is 0 Å². The first kappa shape index (κ1) is 48.1. The quantitative estimate of drug-likeness (QED) is 0.166. The second-order valence-corrected chi connectivity index (χ2v) is 24.2. The molecule has 11 aromatic rings. The van der Waals surface area contributed by atoms with E-state index in [0.29, 0.717) is 23.0 Å². The number of hydrogen-bond donors (Lipinski definition) is 0. The summed E-state index contributed by atoms with van der Waals surface area (Å²) in [4.78, 5) is 15.5. The average molecular weight is 965 g/mol. The number of nitriles is 1. The van der Waals surface area contributed by atoms with E-state index in [4.69, 9.17) is 15.0 Å². The Balaban J connectivity index is 1.23. The van der Waals surface area contributed by atoms with Crippen LogP contribution in [0.5, 0.6) is 0 Å². The van der Waals surface area contributed by atoms with Crippen LogP contribution in [0.25, 0.3) is 100 Å². The molecule has 6 nitrogen and oxygen atoms in total. The van der Waals surface area contributed by atoms with E-state index in [0.717, 1.165) is 61.3 Å². The van der Waals surface area contributed by atoms with E-state index in [1.165, 1.54) is 43.8 Å². The molecule has 366 valence electrons. The predicted molar refractivity (Wildman–Crippen MR) is 310 cm³/mol. The molecular formula is C68H64N6. The molecule has 11 rings (SSSR count). The Morgan fingerprint density at radius 3 is 1.11 bits per heavy atom. The minimum absolute atomic E-state index is 0.0367. The van der Waals surface area contributed by atoms with Crippen LogP contribution in [0.4, 0.5) is 0 Å². The van der Waals surface area contributed by atoms with Crippen LogP contribution in [0.3, 0.4) is 0 Å². The molecule has 0 aliphatic heterocycles. The molecule has 3 aromatic heterocycles. The van der Waals surface area contributed by atoms with E-state index in [1.807, 2.05) is 66.7 Å². The van der Waals surface area contributed by atoms with E-state index >= 15 is 0 Å². The van der Waals surface area contributed by atoms with Crippen molar-refractivity contribution < 1.29 is 0 Å². The van der Waals surface area contributed by atoms with Gasteiger partial charge in [-0.05, 0) is 129 Å². The highest BCUT2D eigenvalue weighted by Gasteiger charge is 2.26. The second-order valence-electron chi connectivity index (χ2n) is 24.2. The Morgan fingerprint density at radius 1 is 0.351 bits per heavy atom. The fourth-order valence-electron chi connectivity index (χ4n) is 10.5. The van der Waals surface area contributed by atoms with Crippen molar-refractivity contribution in [2.45, 2.75) is 105 Å². The first-order valence-corrected chi connectivity index (χ1v) is 25.9.